The third-order valence-electron chi connectivity index (χ3n) is 16.4. The van der Waals surface area contributed by atoms with E-state index in [2.05, 4.69) is 20.8 Å². The van der Waals surface area contributed by atoms with Crippen molar-refractivity contribution >= 4 is 10.4 Å². The summed E-state index contributed by atoms with van der Waals surface area (Å²) < 4.78 is 73.9. The molecule has 6 rings (SSSR count). The lowest BCUT2D eigenvalue weighted by Gasteiger charge is -2.66. The molecule has 4 aliphatic carbocycles. The van der Waals surface area contributed by atoms with Crippen molar-refractivity contribution in [3.05, 3.63) is 0 Å². The van der Waals surface area contributed by atoms with E-state index in [1.165, 1.54) is 14.2 Å². The summed E-state index contributed by atoms with van der Waals surface area (Å²) in [5.41, 5.74) is -2.92. The number of hydrogen-bond acceptors (Lipinski definition) is 17. The Kier molecular flexibility index (Phi) is 15.2. The summed E-state index contributed by atoms with van der Waals surface area (Å²) in [5.74, 6) is -1.64. The van der Waals surface area contributed by atoms with Crippen molar-refractivity contribution in [3.63, 3.8) is 0 Å². The summed E-state index contributed by atoms with van der Waals surface area (Å²) in [6, 6.07) is 0. The van der Waals surface area contributed by atoms with Gasteiger partial charge >= 0.3 is 10.4 Å². The van der Waals surface area contributed by atoms with Crippen LogP contribution in [0.4, 0.5) is 0 Å². The van der Waals surface area contributed by atoms with Crippen molar-refractivity contribution in [2.24, 2.45) is 52.3 Å². The lowest BCUT2D eigenvalue weighted by atomic mass is 9.41. The van der Waals surface area contributed by atoms with E-state index >= 15 is 0 Å². The van der Waals surface area contributed by atoms with Gasteiger partial charge in [-0.3, -0.25) is 4.55 Å². The smallest absolute Gasteiger partial charge is 0.394 e. The van der Waals surface area contributed by atoms with Crippen LogP contribution < -0.4 is 0 Å². The Hall–Kier alpha value is -0.690. The van der Waals surface area contributed by atoms with Crippen molar-refractivity contribution < 1.29 is 86.4 Å². The molecule has 6 aliphatic rings. The molecule has 0 bridgehead atoms. The van der Waals surface area contributed by atoms with Gasteiger partial charge in [0, 0.05) is 32.5 Å². The van der Waals surface area contributed by atoms with Crippen LogP contribution in [-0.2, 0) is 43.0 Å². The fourth-order valence-corrected chi connectivity index (χ4v) is 13.5. The van der Waals surface area contributed by atoms with Gasteiger partial charge in [0.2, 0.25) is 0 Å². The fraction of sp³-hybridized carbons (Fsp3) is 1.00. The Labute approximate surface area is 353 Å². The maximum Gasteiger partial charge on any atom is 0.397 e. The van der Waals surface area contributed by atoms with Crippen molar-refractivity contribution in [2.75, 3.05) is 34.0 Å². The number of fused-ring (bicyclic) bond motifs is 5. The quantitative estimate of drug-likeness (QED) is 0.0932. The van der Waals surface area contributed by atoms with E-state index in [0.29, 0.717) is 25.7 Å². The largest absolute Gasteiger partial charge is 0.397 e. The van der Waals surface area contributed by atoms with Gasteiger partial charge < -0.3 is 69.3 Å². The van der Waals surface area contributed by atoms with Gasteiger partial charge in [-0.2, -0.15) is 8.42 Å². The summed E-state index contributed by atoms with van der Waals surface area (Å²) in [6.07, 6.45) is -11.1. The van der Waals surface area contributed by atoms with Crippen molar-refractivity contribution in [1.29, 1.82) is 0 Å². The zero-order valence-electron chi connectivity index (χ0n) is 35.9. The maximum absolute atomic E-state index is 12.8. The van der Waals surface area contributed by atoms with Gasteiger partial charge in [0.15, 0.2) is 12.6 Å². The molecular weight excluding hydrogens is 813 g/mol. The van der Waals surface area contributed by atoms with E-state index in [1.54, 1.807) is 0 Å². The SMILES string of the molecule is CO[C@H]1[C@H](O[C@@H]2[C@@H](OC[C@@H](C)[C@H](C)CC[C@@H](C)[C@H]3C[C@@H](O)[C@@H]4[C@]3(C)CC[C@@H]3[C@@]5(C)CC[C@H](O)[C@H](O)[C@@H]5[C@@H](OS(=O)(=O)O)C[C@]34O)O[C@H]([C@H](O)CO)[C@H]2O)OC[C@@H](OC)[C@@H]1O. The van der Waals surface area contributed by atoms with E-state index in [9.17, 15) is 53.8 Å². The first-order chi connectivity index (χ1) is 28.1. The molecule has 4 saturated carbocycles. The molecule has 23 atom stereocenters. The van der Waals surface area contributed by atoms with Gasteiger partial charge in [0.05, 0.1) is 49.8 Å². The second kappa shape index (κ2) is 18.7. The van der Waals surface area contributed by atoms with E-state index in [1.807, 2.05) is 13.8 Å². The van der Waals surface area contributed by atoms with Gasteiger partial charge in [-0.15, -0.1) is 0 Å². The van der Waals surface area contributed by atoms with Crippen molar-refractivity contribution in [3.8, 4) is 0 Å². The van der Waals surface area contributed by atoms with Gasteiger partial charge in [-0.25, -0.2) is 4.18 Å². The molecule has 18 nitrogen and oxygen atoms in total. The van der Waals surface area contributed by atoms with Crippen molar-refractivity contribution in [1.82, 2.24) is 0 Å². The molecule has 0 unspecified atom stereocenters. The third kappa shape index (κ3) is 8.97. The van der Waals surface area contributed by atoms with Gasteiger partial charge in [0.25, 0.3) is 0 Å². The summed E-state index contributed by atoms with van der Waals surface area (Å²) >= 11 is 0. The summed E-state index contributed by atoms with van der Waals surface area (Å²) in [7, 11) is -2.16. The molecule has 0 aromatic rings. The van der Waals surface area contributed by atoms with Crippen LogP contribution >= 0.6 is 0 Å². The van der Waals surface area contributed by atoms with E-state index in [-0.39, 0.29) is 49.7 Å². The minimum atomic E-state index is -4.98. The number of aliphatic hydroxyl groups is 8. The van der Waals surface area contributed by atoms with Crippen LogP contribution in [0.1, 0.15) is 86.0 Å². The van der Waals surface area contributed by atoms with Gasteiger partial charge in [0.1, 0.15) is 42.7 Å². The summed E-state index contributed by atoms with van der Waals surface area (Å²) in [4.78, 5) is 0. The van der Waals surface area contributed by atoms with Crippen molar-refractivity contribution in [2.45, 2.75) is 171 Å². The molecule has 0 amide bonds. The average Bonchev–Trinajstić information content (AvgIpc) is 3.64. The Morgan fingerprint density at radius 3 is 2.15 bits per heavy atom. The average molecular weight is 885 g/mol. The topological polar surface area (TPSA) is 281 Å². The van der Waals surface area contributed by atoms with Crippen LogP contribution in [0.5, 0.6) is 0 Å². The highest BCUT2D eigenvalue weighted by atomic mass is 32.3. The van der Waals surface area contributed by atoms with Crippen LogP contribution in [-0.4, -0.2) is 173 Å². The van der Waals surface area contributed by atoms with Crippen LogP contribution in [0.2, 0.25) is 0 Å². The molecule has 60 heavy (non-hydrogen) atoms. The first kappa shape index (κ1) is 48.8. The second-order valence-corrected chi connectivity index (χ2v) is 20.7. The van der Waals surface area contributed by atoms with E-state index < -0.39 is 131 Å². The van der Waals surface area contributed by atoms with E-state index in [4.69, 9.17) is 32.6 Å². The highest BCUT2D eigenvalue weighted by Gasteiger charge is 2.72. The summed E-state index contributed by atoms with van der Waals surface area (Å²) in [5, 5.41) is 88.4. The normalized spacial score (nSPS) is 49.1. The molecule has 9 N–H and O–H groups in total. The number of ether oxygens (including phenoxy) is 6. The standard InChI is InChI=1S/C41H72O18S/c1-19(21(3)17-55-38-35(32(48)33(57-38)25(45)16-42)58-37-34(54-7)31(47)27(53-6)18-56-37)8-9-20(2)22-14-24(44)36-39(22,4)13-11-28-40(5)12-10-23(43)30(46)29(40)26(15-41(28,36)49)59-60(50,51)52/h19-38,42-49H,8-18H2,1-7H3,(H,50,51,52)/t19-,20-,21-,22-,23+,24-,25-,26+,27-,28-,29+,30+,31+,32-,33-,34-,35+,36-,37+,38+,39-,40-,41+/m1/s1. The third-order valence-corrected chi connectivity index (χ3v) is 16.8. The molecule has 0 aromatic carbocycles. The maximum atomic E-state index is 12.8. The molecule has 19 heteroatoms. The monoisotopic (exact) mass is 884 g/mol. The molecule has 6 fully saturated rings. The van der Waals surface area contributed by atoms with Crippen LogP contribution in [0.25, 0.3) is 0 Å². The highest BCUT2D eigenvalue weighted by Crippen LogP contribution is 2.70. The zero-order chi connectivity index (χ0) is 44.3. The second-order valence-electron chi connectivity index (χ2n) is 19.7. The highest BCUT2D eigenvalue weighted by molar-refractivity contribution is 7.80. The lowest BCUT2D eigenvalue weighted by Crippen LogP contribution is -2.71. The Balaban J connectivity index is 1.10. The Morgan fingerprint density at radius 1 is 0.833 bits per heavy atom. The fourth-order valence-electron chi connectivity index (χ4n) is 13.0. The van der Waals surface area contributed by atoms with Crippen LogP contribution in [0.3, 0.4) is 0 Å². The minimum absolute atomic E-state index is 0.00279. The summed E-state index contributed by atoms with van der Waals surface area (Å²) in [6.45, 7) is 9.81. The zero-order valence-corrected chi connectivity index (χ0v) is 36.7. The number of aliphatic hydroxyl groups excluding tert-OH is 7. The van der Waals surface area contributed by atoms with Gasteiger partial charge in [-0.1, -0.05) is 47.5 Å². The number of hydrogen-bond donors (Lipinski definition) is 9. The van der Waals surface area contributed by atoms with Crippen LogP contribution in [0, 0.1) is 52.3 Å². The lowest BCUT2D eigenvalue weighted by molar-refractivity contribution is -0.310. The molecule has 2 heterocycles. The minimum Gasteiger partial charge on any atom is -0.394 e. The van der Waals surface area contributed by atoms with Gasteiger partial charge in [-0.05, 0) is 72.5 Å². The molecule has 2 aliphatic heterocycles. The Bertz CT molecular complexity index is 1540. The first-order valence-electron chi connectivity index (χ1n) is 21.7. The van der Waals surface area contributed by atoms with Crippen LogP contribution in [0.15, 0.2) is 0 Å². The molecule has 0 spiro atoms. The molecule has 0 radical (unpaired) electrons. The molecule has 350 valence electrons. The first-order valence-corrected chi connectivity index (χ1v) is 23.1. The molecule has 2 saturated heterocycles. The Morgan fingerprint density at radius 2 is 1.52 bits per heavy atom. The number of methoxy groups -OCH3 is 2. The predicted molar refractivity (Wildman–Crippen MR) is 210 cm³/mol. The number of rotatable bonds is 16. The molecular formula is C41H72O18S. The van der Waals surface area contributed by atoms with E-state index in [0.717, 1.165) is 12.8 Å². The predicted octanol–water partition coefficient (Wildman–Crippen LogP) is 0.137. The molecule has 0 aromatic heterocycles.